The smallest absolute Gasteiger partial charge is 0.258 e. The Morgan fingerprint density at radius 2 is 1.92 bits per heavy atom. The van der Waals surface area contributed by atoms with Gasteiger partial charge in [0.2, 0.25) is 0 Å². The Morgan fingerprint density at radius 3 is 2.58 bits per heavy atom. The number of nitrogens with zero attached hydrogens (tertiary/aromatic N) is 2. The van der Waals surface area contributed by atoms with Gasteiger partial charge in [0.25, 0.3) is 5.91 Å². The van der Waals surface area contributed by atoms with E-state index >= 15 is 0 Å². The SMILES string of the molecule is O=C(Nc1ccc(Nc2ccc(Cl)cc2Cl)cn1)c1cccnc1. The van der Waals surface area contributed by atoms with Crippen molar-refractivity contribution in [3.05, 3.63) is 76.7 Å². The highest BCUT2D eigenvalue weighted by Gasteiger charge is 2.07. The monoisotopic (exact) mass is 358 g/mol. The molecule has 3 aromatic rings. The summed E-state index contributed by atoms with van der Waals surface area (Å²) in [5.41, 5.74) is 1.92. The summed E-state index contributed by atoms with van der Waals surface area (Å²) in [4.78, 5) is 20.1. The maximum Gasteiger partial charge on any atom is 0.258 e. The molecule has 7 heteroatoms. The van der Waals surface area contributed by atoms with Crippen molar-refractivity contribution in [2.75, 3.05) is 10.6 Å². The van der Waals surface area contributed by atoms with E-state index in [0.717, 1.165) is 11.4 Å². The van der Waals surface area contributed by atoms with E-state index in [9.17, 15) is 4.79 Å². The predicted octanol–water partition coefficient (Wildman–Crippen LogP) is 4.78. The van der Waals surface area contributed by atoms with E-state index < -0.39 is 0 Å². The maximum atomic E-state index is 12.0. The minimum atomic E-state index is -0.267. The average Bonchev–Trinajstić information content (AvgIpc) is 2.60. The fourth-order valence-corrected chi connectivity index (χ4v) is 2.43. The van der Waals surface area contributed by atoms with Crippen LogP contribution >= 0.6 is 23.2 Å². The molecule has 2 N–H and O–H groups in total. The Labute approximate surface area is 148 Å². The third-order valence-corrected chi connectivity index (χ3v) is 3.69. The van der Waals surface area contributed by atoms with E-state index in [1.165, 1.54) is 6.20 Å². The van der Waals surface area contributed by atoms with Crippen LogP contribution < -0.4 is 10.6 Å². The summed E-state index contributed by atoms with van der Waals surface area (Å²) in [6.45, 7) is 0. The third kappa shape index (κ3) is 4.01. The van der Waals surface area contributed by atoms with Gasteiger partial charge in [0, 0.05) is 17.4 Å². The second-order valence-electron chi connectivity index (χ2n) is 4.88. The van der Waals surface area contributed by atoms with Gasteiger partial charge in [-0.05, 0) is 42.5 Å². The summed E-state index contributed by atoms with van der Waals surface area (Å²) >= 11 is 12.0. The number of carbonyl (C=O) groups is 1. The van der Waals surface area contributed by atoms with Crippen LogP contribution in [-0.2, 0) is 0 Å². The Bertz CT molecular complexity index is 854. The number of nitrogens with one attached hydrogen (secondary N) is 2. The lowest BCUT2D eigenvalue weighted by atomic mass is 10.2. The molecule has 24 heavy (non-hydrogen) atoms. The molecule has 0 aliphatic carbocycles. The zero-order valence-corrected chi connectivity index (χ0v) is 13.8. The summed E-state index contributed by atoms with van der Waals surface area (Å²) in [6.07, 6.45) is 4.70. The molecule has 2 heterocycles. The minimum Gasteiger partial charge on any atom is -0.353 e. The number of benzene rings is 1. The largest absolute Gasteiger partial charge is 0.353 e. The number of anilines is 3. The van der Waals surface area contributed by atoms with Crippen LogP contribution in [0.1, 0.15) is 10.4 Å². The molecule has 0 saturated heterocycles. The van der Waals surface area contributed by atoms with Gasteiger partial charge < -0.3 is 10.6 Å². The average molecular weight is 359 g/mol. The minimum absolute atomic E-state index is 0.267. The zero-order valence-electron chi connectivity index (χ0n) is 12.3. The Hall–Kier alpha value is -2.63. The van der Waals surface area contributed by atoms with E-state index in [0.29, 0.717) is 21.4 Å². The lowest BCUT2D eigenvalue weighted by Gasteiger charge is -2.09. The highest BCUT2D eigenvalue weighted by atomic mass is 35.5. The molecule has 1 amide bonds. The predicted molar refractivity (Wildman–Crippen MR) is 96.2 cm³/mol. The molecule has 0 spiro atoms. The summed E-state index contributed by atoms with van der Waals surface area (Å²) in [7, 11) is 0. The Balaban J connectivity index is 1.68. The molecule has 0 bridgehead atoms. The van der Waals surface area contributed by atoms with E-state index in [1.807, 2.05) is 0 Å². The van der Waals surface area contributed by atoms with Crippen LogP contribution in [0, 0.1) is 0 Å². The molecule has 0 aliphatic rings. The third-order valence-electron chi connectivity index (χ3n) is 3.14. The van der Waals surface area contributed by atoms with Crippen molar-refractivity contribution in [2.45, 2.75) is 0 Å². The number of hydrogen-bond donors (Lipinski definition) is 2. The molecular formula is C17H12Cl2N4O. The van der Waals surface area contributed by atoms with E-state index in [2.05, 4.69) is 20.6 Å². The van der Waals surface area contributed by atoms with Crippen molar-refractivity contribution in [1.82, 2.24) is 9.97 Å². The summed E-state index contributed by atoms with van der Waals surface area (Å²) in [5.74, 6) is 0.175. The Morgan fingerprint density at radius 1 is 1.04 bits per heavy atom. The van der Waals surface area contributed by atoms with Gasteiger partial charge in [0.1, 0.15) is 5.82 Å². The molecule has 1 aromatic carbocycles. The van der Waals surface area contributed by atoms with E-state index in [1.54, 1.807) is 54.9 Å². The summed E-state index contributed by atoms with van der Waals surface area (Å²) in [5, 5.41) is 6.92. The molecule has 5 nitrogen and oxygen atoms in total. The van der Waals surface area contributed by atoms with Crippen LogP contribution in [0.3, 0.4) is 0 Å². The van der Waals surface area contributed by atoms with Crippen molar-refractivity contribution < 1.29 is 4.79 Å². The van der Waals surface area contributed by atoms with E-state index in [4.69, 9.17) is 23.2 Å². The van der Waals surface area contributed by atoms with Crippen molar-refractivity contribution in [3.8, 4) is 0 Å². The standard InChI is InChI=1S/C17H12Cl2N4O/c18-12-3-5-15(14(19)8-12)22-13-4-6-16(21-10-13)23-17(24)11-2-1-7-20-9-11/h1-10,22H,(H,21,23,24). The van der Waals surface area contributed by atoms with E-state index in [-0.39, 0.29) is 5.91 Å². The molecule has 0 aliphatic heterocycles. The lowest BCUT2D eigenvalue weighted by molar-refractivity contribution is 0.102. The highest BCUT2D eigenvalue weighted by Crippen LogP contribution is 2.28. The zero-order chi connectivity index (χ0) is 16.9. The summed E-state index contributed by atoms with van der Waals surface area (Å²) < 4.78 is 0. The molecular weight excluding hydrogens is 347 g/mol. The first-order chi connectivity index (χ1) is 11.6. The van der Waals surface area contributed by atoms with Crippen LogP contribution in [-0.4, -0.2) is 15.9 Å². The number of halogens is 2. The van der Waals surface area contributed by atoms with Gasteiger partial charge in [0.05, 0.1) is 28.2 Å². The van der Waals surface area contributed by atoms with Gasteiger partial charge in [-0.25, -0.2) is 4.98 Å². The molecule has 0 atom stereocenters. The highest BCUT2D eigenvalue weighted by molar-refractivity contribution is 6.36. The van der Waals surface area contributed by atoms with Crippen LogP contribution in [0.2, 0.25) is 10.0 Å². The van der Waals surface area contributed by atoms with Crippen molar-refractivity contribution in [1.29, 1.82) is 0 Å². The fourth-order valence-electron chi connectivity index (χ4n) is 1.97. The second kappa shape index (κ2) is 7.29. The van der Waals surface area contributed by atoms with Crippen LogP contribution in [0.4, 0.5) is 17.2 Å². The molecule has 0 saturated carbocycles. The first-order valence-electron chi connectivity index (χ1n) is 7.01. The number of hydrogen-bond acceptors (Lipinski definition) is 4. The number of carbonyl (C=O) groups excluding carboxylic acids is 1. The van der Waals surface area contributed by atoms with Gasteiger partial charge in [-0.1, -0.05) is 23.2 Å². The number of rotatable bonds is 4. The molecule has 2 aromatic heterocycles. The second-order valence-corrected chi connectivity index (χ2v) is 5.72. The van der Waals surface area contributed by atoms with Crippen molar-refractivity contribution in [3.63, 3.8) is 0 Å². The number of aromatic nitrogens is 2. The first kappa shape index (κ1) is 16.2. The number of pyridine rings is 2. The van der Waals surface area contributed by atoms with Gasteiger partial charge in [-0.2, -0.15) is 0 Å². The van der Waals surface area contributed by atoms with Crippen molar-refractivity contribution >= 4 is 46.3 Å². The fraction of sp³-hybridized carbons (Fsp3) is 0. The molecule has 3 rings (SSSR count). The maximum absolute atomic E-state index is 12.0. The molecule has 0 unspecified atom stereocenters. The van der Waals surface area contributed by atoms with Gasteiger partial charge in [0.15, 0.2) is 0 Å². The molecule has 120 valence electrons. The Kier molecular flexibility index (Phi) is 4.93. The normalized spacial score (nSPS) is 10.2. The van der Waals surface area contributed by atoms with Crippen molar-refractivity contribution in [2.24, 2.45) is 0 Å². The lowest BCUT2D eigenvalue weighted by Crippen LogP contribution is -2.13. The van der Waals surface area contributed by atoms with Crippen LogP contribution in [0.5, 0.6) is 0 Å². The number of amides is 1. The topological polar surface area (TPSA) is 66.9 Å². The first-order valence-corrected chi connectivity index (χ1v) is 7.77. The van der Waals surface area contributed by atoms with Gasteiger partial charge >= 0.3 is 0 Å². The molecule has 0 radical (unpaired) electrons. The van der Waals surface area contributed by atoms with Gasteiger partial charge in [-0.15, -0.1) is 0 Å². The quantitative estimate of drug-likeness (QED) is 0.704. The van der Waals surface area contributed by atoms with Gasteiger partial charge in [-0.3, -0.25) is 9.78 Å². The summed E-state index contributed by atoms with van der Waals surface area (Å²) in [6, 6.07) is 12.0. The van der Waals surface area contributed by atoms with Crippen LogP contribution in [0.25, 0.3) is 0 Å². The van der Waals surface area contributed by atoms with Crippen LogP contribution in [0.15, 0.2) is 61.1 Å². The molecule has 0 fully saturated rings.